The molecule has 0 fully saturated rings. The van der Waals surface area contributed by atoms with Crippen LogP contribution in [0.4, 0.5) is 0 Å². The zero-order chi connectivity index (χ0) is 12.1. The van der Waals surface area contributed by atoms with Crippen LogP contribution in [-0.2, 0) is 11.2 Å². The summed E-state index contributed by atoms with van der Waals surface area (Å²) >= 11 is 1.68. The summed E-state index contributed by atoms with van der Waals surface area (Å²) in [7, 11) is 0. The number of aliphatic carboxylic acids is 1. The van der Waals surface area contributed by atoms with Gasteiger partial charge in [0.15, 0.2) is 0 Å². The summed E-state index contributed by atoms with van der Waals surface area (Å²) in [5.41, 5.74) is 3.67. The van der Waals surface area contributed by atoms with E-state index in [4.69, 9.17) is 5.11 Å². The summed E-state index contributed by atoms with van der Waals surface area (Å²) < 4.78 is 0. The molecule has 2 aromatic rings. The molecule has 1 N–H and O–H groups in total. The molecule has 0 radical (unpaired) electrons. The molecular formula is C14H14O2S. The molecule has 2 rings (SSSR count). The van der Waals surface area contributed by atoms with Crippen LogP contribution in [0.15, 0.2) is 41.1 Å². The SMILES string of the molecule is O=C(O)CCCc1ccccc1-c1ccsc1. The van der Waals surface area contributed by atoms with Crippen LogP contribution >= 0.6 is 11.3 Å². The Balaban J connectivity index is 2.14. The fraction of sp³-hybridized carbons (Fsp3) is 0.214. The number of rotatable bonds is 5. The first-order valence-electron chi connectivity index (χ1n) is 5.59. The third-order valence-electron chi connectivity index (χ3n) is 2.69. The predicted octanol–water partition coefficient (Wildman–Crippen LogP) is 3.82. The Labute approximate surface area is 105 Å². The predicted molar refractivity (Wildman–Crippen MR) is 70.3 cm³/mol. The van der Waals surface area contributed by atoms with E-state index in [0.717, 1.165) is 6.42 Å². The minimum Gasteiger partial charge on any atom is -0.481 e. The van der Waals surface area contributed by atoms with Crippen molar-refractivity contribution in [3.8, 4) is 11.1 Å². The Morgan fingerprint density at radius 1 is 1.24 bits per heavy atom. The topological polar surface area (TPSA) is 37.3 Å². The molecule has 3 heteroatoms. The van der Waals surface area contributed by atoms with Crippen LogP contribution < -0.4 is 0 Å². The number of hydrogen-bond donors (Lipinski definition) is 1. The highest BCUT2D eigenvalue weighted by Gasteiger charge is 2.05. The monoisotopic (exact) mass is 246 g/mol. The zero-order valence-corrected chi connectivity index (χ0v) is 10.2. The van der Waals surface area contributed by atoms with E-state index in [1.54, 1.807) is 11.3 Å². The number of hydrogen-bond acceptors (Lipinski definition) is 2. The second-order valence-electron chi connectivity index (χ2n) is 3.92. The number of carbonyl (C=O) groups is 1. The highest BCUT2D eigenvalue weighted by molar-refractivity contribution is 7.08. The second kappa shape index (κ2) is 5.64. The molecule has 2 nitrogen and oxygen atoms in total. The van der Waals surface area contributed by atoms with Crippen molar-refractivity contribution in [2.24, 2.45) is 0 Å². The van der Waals surface area contributed by atoms with Gasteiger partial charge in [-0.15, -0.1) is 0 Å². The van der Waals surface area contributed by atoms with Gasteiger partial charge in [-0.25, -0.2) is 0 Å². The van der Waals surface area contributed by atoms with Crippen LogP contribution in [0.5, 0.6) is 0 Å². The molecule has 0 saturated carbocycles. The lowest BCUT2D eigenvalue weighted by atomic mass is 9.98. The van der Waals surface area contributed by atoms with Crippen molar-refractivity contribution in [2.45, 2.75) is 19.3 Å². The van der Waals surface area contributed by atoms with Crippen molar-refractivity contribution < 1.29 is 9.90 Å². The Kier molecular flexibility index (Phi) is 3.94. The van der Waals surface area contributed by atoms with E-state index in [9.17, 15) is 4.79 Å². The van der Waals surface area contributed by atoms with Crippen molar-refractivity contribution in [3.05, 3.63) is 46.7 Å². The Morgan fingerprint density at radius 2 is 2.06 bits per heavy atom. The molecule has 0 saturated heterocycles. The number of benzene rings is 1. The van der Waals surface area contributed by atoms with Gasteiger partial charge < -0.3 is 5.11 Å². The highest BCUT2D eigenvalue weighted by atomic mass is 32.1. The van der Waals surface area contributed by atoms with Gasteiger partial charge in [0.25, 0.3) is 0 Å². The zero-order valence-electron chi connectivity index (χ0n) is 9.43. The minimum absolute atomic E-state index is 0.234. The summed E-state index contributed by atoms with van der Waals surface area (Å²) in [5, 5.41) is 12.8. The maximum atomic E-state index is 10.5. The summed E-state index contributed by atoms with van der Waals surface area (Å²) in [4.78, 5) is 10.5. The third-order valence-corrected chi connectivity index (χ3v) is 3.37. The van der Waals surface area contributed by atoms with E-state index in [1.807, 2.05) is 12.1 Å². The van der Waals surface area contributed by atoms with Crippen molar-refractivity contribution in [1.29, 1.82) is 0 Å². The molecule has 88 valence electrons. The Bertz CT molecular complexity index is 489. The highest BCUT2D eigenvalue weighted by Crippen LogP contribution is 2.26. The van der Waals surface area contributed by atoms with E-state index in [2.05, 4.69) is 29.0 Å². The molecular weight excluding hydrogens is 232 g/mol. The van der Waals surface area contributed by atoms with Gasteiger partial charge >= 0.3 is 5.97 Å². The first-order chi connectivity index (χ1) is 8.27. The standard InChI is InChI=1S/C14H14O2S/c15-14(16)7-3-5-11-4-1-2-6-13(11)12-8-9-17-10-12/h1-2,4,6,8-10H,3,5,7H2,(H,15,16). The summed E-state index contributed by atoms with van der Waals surface area (Å²) in [5.74, 6) is -0.724. The third kappa shape index (κ3) is 3.17. The molecule has 0 spiro atoms. The van der Waals surface area contributed by atoms with Crippen molar-refractivity contribution in [2.75, 3.05) is 0 Å². The van der Waals surface area contributed by atoms with Crippen LogP contribution in [0.2, 0.25) is 0 Å². The number of aryl methyl sites for hydroxylation is 1. The van der Waals surface area contributed by atoms with E-state index in [-0.39, 0.29) is 6.42 Å². The first kappa shape index (κ1) is 11.9. The van der Waals surface area contributed by atoms with Gasteiger partial charge in [0.05, 0.1) is 0 Å². The van der Waals surface area contributed by atoms with E-state index < -0.39 is 5.97 Å². The van der Waals surface area contributed by atoms with Crippen LogP contribution in [-0.4, -0.2) is 11.1 Å². The first-order valence-corrected chi connectivity index (χ1v) is 6.54. The molecule has 1 aromatic carbocycles. The largest absolute Gasteiger partial charge is 0.481 e. The van der Waals surface area contributed by atoms with Gasteiger partial charge in [-0.1, -0.05) is 24.3 Å². The molecule has 1 aromatic heterocycles. The number of carboxylic acids is 1. The maximum Gasteiger partial charge on any atom is 0.303 e. The lowest BCUT2D eigenvalue weighted by Gasteiger charge is -2.07. The van der Waals surface area contributed by atoms with Crippen molar-refractivity contribution in [3.63, 3.8) is 0 Å². The van der Waals surface area contributed by atoms with Gasteiger partial charge in [0.2, 0.25) is 0 Å². The molecule has 0 aliphatic rings. The fourth-order valence-electron chi connectivity index (χ4n) is 1.87. The quantitative estimate of drug-likeness (QED) is 0.870. The lowest BCUT2D eigenvalue weighted by molar-refractivity contribution is -0.137. The molecule has 0 aliphatic heterocycles. The van der Waals surface area contributed by atoms with Gasteiger partial charge in [-0.2, -0.15) is 11.3 Å². The van der Waals surface area contributed by atoms with Crippen LogP contribution in [0.1, 0.15) is 18.4 Å². The van der Waals surface area contributed by atoms with E-state index in [1.165, 1.54) is 16.7 Å². The molecule has 0 aliphatic carbocycles. The molecule has 0 amide bonds. The molecule has 0 atom stereocenters. The van der Waals surface area contributed by atoms with Crippen molar-refractivity contribution >= 4 is 17.3 Å². The number of thiophene rings is 1. The Hall–Kier alpha value is -1.61. The summed E-state index contributed by atoms with van der Waals surface area (Å²) in [6, 6.07) is 10.3. The van der Waals surface area contributed by atoms with E-state index >= 15 is 0 Å². The average Bonchev–Trinajstić information content (AvgIpc) is 2.82. The Morgan fingerprint density at radius 3 is 2.76 bits per heavy atom. The van der Waals surface area contributed by atoms with E-state index in [0.29, 0.717) is 6.42 Å². The normalized spacial score (nSPS) is 10.4. The molecule has 0 unspecified atom stereocenters. The molecule has 17 heavy (non-hydrogen) atoms. The van der Waals surface area contributed by atoms with Crippen LogP contribution in [0, 0.1) is 0 Å². The second-order valence-corrected chi connectivity index (χ2v) is 4.70. The van der Waals surface area contributed by atoms with Gasteiger partial charge in [-0.3, -0.25) is 4.79 Å². The minimum atomic E-state index is -0.724. The summed E-state index contributed by atoms with van der Waals surface area (Å²) in [6.07, 6.45) is 1.74. The van der Waals surface area contributed by atoms with Crippen LogP contribution in [0.25, 0.3) is 11.1 Å². The fourth-order valence-corrected chi connectivity index (χ4v) is 2.52. The number of carboxylic acid groups (broad SMARTS) is 1. The van der Waals surface area contributed by atoms with Gasteiger partial charge in [0.1, 0.15) is 0 Å². The van der Waals surface area contributed by atoms with Gasteiger partial charge in [-0.05, 0) is 46.4 Å². The summed E-state index contributed by atoms with van der Waals surface area (Å²) in [6.45, 7) is 0. The smallest absolute Gasteiger partial charge is 0.303 e. The lowest BCUT2D eigenvalue weighted by Crippen LogP contribution is -1.96. The molecule has 0 bridgehead atoms. The van der Waals surface area contributed by atoms with Gasteiger partial charge in [0, 0.05) is 6.42 Å². The average molecular weight is 246 g/mol. The molecule has 1 heterocycles. The van der Waals surface area contributed by atoms with Crippen LogP contribution in [0.3, 0.4) is 0 Å². The van der Waals surface area contributed by atoms with Crippen molar-refractivity contribution in [1.82, 2.24) is 0 Å². The maximum absolute atomic E-state index is 10.5.